The summed E-state index contributed by atoms with van der Waals surface area (Å²) in [5.41, 5.74) is 5.59. The van der Waals surface area contributed by atoms with Gasteiger partial charge in [0, 0.05) is 12.6 Å². The average molecular weight is 258 g/mol. The van der Waals surface area contributed by atoms with E-state index < -0.39 is 10.0 Å². The Labute approximate surface area is 101 Å². The molecule has 1 aromatic heterocycles. The molecule has 0 aliphatic heterocycles. The lowest BCUT2D eigenvalue weighted by Gasteiger charge is -2.23. The van der Waals surface area contributed by atoms with Crippen LogP contribution in [0.25, 0.3) is 0 Å². The first-order valence-corrected chi connectivity index (χ1v) is 7.17. The topological polar surface area (TPSA) is 92.1 Å². The number of aromatic amines is 1. The fourth-order valence-electron chi connectivity index (χ4n) is 1.78. The molecular formula is C10H18N4O2S. The number of nitrogen functional groups attached to an aromatic ring is 1. The van der Waals surface area contributed by atoms with Crippen molar-refractivity contribution >= 4 is 15.8 Å². The van der Waals surface area contributed by atoms with E-state index in [2.05, 4.69) is 10.2 Å². The van der Waals surface area contributed by atoms with Crippen molar-refractivity contribution in [2.45, 2.75) is 37.6 Å². The molecule has 2 rings (SSSR count). The van der Waals surface area contributed by atoms with Crippen LogP contribution in [0.5, 0.6) is 0 Å². The summed E-state index contributed by atoms with van der Waals surface area (Å²) in [6, 6.07) is 0.136. The zero-order valence-corrected chi connectivity index (χ0v) is 10.9. The SMILES string of the molecule is CC(C)CN(C1CC1)S(=O)(=O)c1cn[nH]c1N. The zero-order valence-electron chi connectivity index (χ0n) is 10.0. The van der Waals surface area contributed by atoms with E-state index >= 15 is 0 Å². The number of hydrogen-bond donors (Lipinski definition) is 2. The molecule has 1 aliphatic rings. The third-order valence-corrected chi connectivity index (χ3v) is 4.66. The van der Waals surface area contributed by atoms with E-state index in [9.17, 15) is 8.42 Å². The molecule has 1 heterocycles. The number of nitrogens with zero attached hydrogens (tertiary/aromatic N) is 2. The summed E-state index contributed by atoms with van der Waals surface area (Å²) in [7, 11) is -3.51. The Bertz CT molecular complexity index is 490. The van der Waals surface area contributed by atoms with Crippen molar-refractivity contribution in [1.29, 1.82) is 0 Å². The molecule has 0 atom stereocenters. The van der Waals surface area contributed by atoms with Crippen molar-refractivity contribution in [3.8, 4) is 0 Å². The Balaban J connectivity index is 2.32. The van der Waals surface area contributed by atoms with E-state index in [0.29, 0.717) is 12.5 Å². The van der Waals surface area contributed by atoms with Gasteiger partial charge in [-0.2, -0.15) is 9.40 Å². The van der Waals surface area contributed by atoms with Crippen LogP contribution >= 0.6 is 0 Å². The quantitative estimate of drug-likeness (QED) is 0.817. The first-order valence-electron chi connectivity index (χ1n) is 5.73. The van der Waals surface area contributed by atoms with Crippen LogP contribution in [0.15, 0.2) is 11.1 Å². The maximum absolute atomic E-state index is 12.4. The maximum Gasteiger partial charge on any atom is 0.248 e. The predicted molar refractivity (Wildman–Crippen MR) is 64.8 cm³/mol. The highest BCUT2D eigenvalue weighted by atomic mass is 32.2. The van der Waals surface area contributed by atoms with E-state index in [1.807, 2.05) is 13.8 Å². The van der Waals surface area contributed by atoms with Crippen LogP contribution in [0.4, 0.5) is 5.82 Å². The number of nitrogens with one attached hydrogen (secondary N) is 1. The number of sulfonamides is 1. The van der Waals surface area contributed by atoms with Crippen molar-refractivity contribution in [3.63, 3.8) is 0 Å². The van der Waals surface area contributed by atoms with E-state index in [4.69, 9.17) is 5.73 Å². The monoisotopic (exact) mass is 258 g/mol. The van der Waals surface area contributed by atoms with E-state index in [0.717, 1.165) is 12.8 Å². The van der Waals surface area contributed by atoms with Gasteiger partial charge in [-0.3, -0.25) is 5.10 Å². The van der Waals surface area contributed by atoms with Crippen LogP contribution < -0.4 is 5.73 Å². The molecule has 96 valence electrons. The van der Waals surface area contributed by atoms with Gasteiger partial charge in [0.2, 0.25) is 10.0 Å². The number of nitrogens with two attached hydrogens (primary N) is 1. The third-order valence-electron chi connectivity index (χ3n) is 2.72. The summed E-state index contributed by atoms with van der Waals surface area (Å²) in [4.78, 5) is 0.0880. The fraction of sp³-hybridized carbons (Fsp3) is 0.700. The molecule has 1 aliphatic carbocycles. The summed E-state index contributed by atoms with van der Waals surface area (Å²) in [6.07, 6.45) is 3.15. The normalized spacial score (nSPS) is 16.9. The molecule has 0 aromatic carbocycles. The summed E-state index contributed by atoms with van der Waals surface area (Å²) >= 11 is 0. The minimum atomic E-state index is -3.51. The highest BCUT2D eigenvalue weighted by Gasteiger charge is 2.39. The molecule has 6 nitrogen and oxygen atoms in total. The van der Waals surface area contributed by atoms with Gasteiger partial charge in [-0.05, 0) is 18.8 Å². The van der Waals surface area contributed by atoms with E-state index in [-0.39, 0.29) is 16.8 Å². The summed E-state index contributed by atoms with van der Waals surface area (Å²) < 4.78 is 26.4. The largest absolute Gasteiger partial charge is 0.383 e. The van der Waals surface area contributed by atoms with Crippen LogP contribution in [0.3, 0.4) is 0 Å². The predicted octanol–water partition coefficient (Wildman–Crippen LogP) is 0.801. The molecular weight excluding hydrogens is 240 g/mol. The van der Waals surface area contributed by atoms with Gasteiger partial charge in [-0.1, -0.05) is 13.8 Å². The average Bonchev–Trinajstić information content (AvgIpc) is 2.96. The molecule has 0 unspecified atom stereocenters. The molecule has 1 aromatic rings. The highest BCUT2D eigenvalue weighted by Crippen LogP contribution is 2.33. The van der Waals surface area contributed by atoms with Crippen LogP contribution in [0, 0.1) is 5.92 Å². The van der Waals surface area contributed by atoms with Gasteiger partial charge in [0.25, 0.3) is 0 Å². The molecule has 1 saturated carbocycles. The summed E-state index contributed by atoms with van der Waals surface area (Å²) in [5.74, 6) is 0.401. The molecule has 0 saturated heterocycles. The van der Waals surface area contributed by atoms with E-state index in [1.165, 1.54) is 6.20 Å². The minimum Gasteiger partial charge on any atom is -0.383 e. The lowest BCUT2D eigenvalue weighted by atomic mass is 10.2. The molecule has 3 N–H and O–H groups in total. The van der Waals surface area contributed by atoms with Crippen molar-refractivity contribution in [1.82, 2.24) is 14.5 Å². The second-order valence-corrected chi connectivity index (χ2v) is 6.71. The molecule has 7 heteroatoms. The van der Waals surface area contributed by atoms with Crippen molar-refractivity contribution < 1.29 is 8.42 Å². The van der Waals surface area contributed by atoms with E-state index in [1.54, 1.807) is 4.31 Å². The van der Waals surface area contributed by atoms with Gasteiger partial charge in [0.05, 0.1) is 6.20 Å². The van der Waals surface area contributed by atoms with Gasteiger partial charge >= 0.3 is 0 Å². The highest BCUT2D eigenvalue weighted by molar-refractivity contribution is 7.89. The zero-order chi connectivity index (χ0) is 12.6. The minimum absolute atomic E-state index is 0.0880. The van der Waals surface area contributed by atoms with Gasteiger partial charge < -0.3 is 5.73 Å². The van der Waals surface area contributed by atoms with Crippen LogP contribution in [0.2, 0.25) is 0 Å². The summed E-state index contributed by atoms with van der Waals surface area (Å²) in [5, 5.41) is 6.14. The second-order valence-electron chi connectivity index (χ2n) is 4.85. The van der Waals surface area contributed by atoms with Gasteiger partial charge in [-0.25, -0.2) is 8.42 Å². The molecule has 0 amide bonds. The number of hydrogen-bond acceptors (Lipinski definition) is 4. The Morgan fingerprint density at radius 1 is 1.59 bits per heavy atom. The van der Waals surface area contributed by atoms with Crippen molar-refractivity contribution in [3.05, 3.63) is 6.20 Å². The first-order chi connectivity index (χ1) is 7.93. The number of rotatable bonds is 5. The Hall–Kier alpha value is -1.08. The van der Waals surface area contributed by atoms with Crippen molar-refractivity contribution in [2.75, 3.05) is 12.3 Å². The molecule has 0 bridgehead atoms. The Kier molecular flexibility index (Phi) is 3.13. The molecule has 0 radical (unpaired) electrons. The number of aromatic nitrogens is 2. The van der Waals surface area contributed by atoms with Gasteiger partial charge in [0.15, 0.2) is 0 Å². The fourth-order valence-corrected chi connectivity index (χ4v) is 3.64. The lowest BCUT2D eigenvalue weighted by Crippen LogP contribution is -2.36. The van der Waals surface area contributed by atoms with Gasteiger partial charge in [0.1, 0.15) is 10.7 Å². The van der Waals surface area contributed by atoms with Crippen LogP contribution in [-0.2, 0) is 10.0 Å². The van der Waals surface area contributed by atoms with Crippen LogP contribution in [-0.4, -0.2) is 35.5 Å². The molecule has 17 heavy (non-hydrogen) atoms. The van der Waals surface area contributed by atoms with Crippen LogP contribution in [0.1, 0.15) is 26.7 Å². The Morgan fingerprint density at radius 3 is 2.65 bits per heavy atom. The lowest BCUT2D eigenvalue weighted by molar-refractivity contribution is 0.360. The second kappa shape index (κ2) is 4.30. The smallest absolute Gasteiger partial charge is 0.248 e. The van der Waals surface area contributed by atoms with Gasteiger partial charge in [-0.15, -0.1) is 0 Å². The maximum atomic E-state index is 12.4. The first kappa shape index (κ1) is 12.4. The van der Waals surface area contributed by atoms with Crippen molar-refractivity contribution in [2.24, 2.45) is 5.92 Å². The standard InChI is InChI=1S/C10H18N4O2S/c1-7(2)6-14(8-3-4-8)17(15,16)9-5-12-13-10(9)11/h5,7-8H,3-4,6H2,1-2H3,(H3,11,12,13). The summed E-state index contributed by atoms with van der Waals surface area (Å²) in [6.45, 7) is 4.53. The number of anilines is 1. The Morgan fingerprint density at radius 2 is 2.24 bits per heavy atom. The number of H-pyrrole nitrogens is 1. The third kappa shape index (κ3) is 2.44. The molecule has 0 spiro atoms. The molecule has 1 fully saturated rings.